The van der Waals surface area contributed by atoms with Gasteiger partial charge in [0.05, 0.1) is 12.5 Å². The van der Waals surface area contributed by atoms with E-state index in [4.69, 9.17) is 10.8 Å². The third-order valence-electron chi connectivity index (χ3n) is 4.42. The topological polar surface area (TPSA) is 92.4 Å². The van der Waals surface area contributed by atoms with Gasteiger partial charge in [-0.15, -0.1) is 11.3 Å². The first-order chi connectivity index (χ1) is 10.5. The number of nitrogens with two attached hydrogens (primary N) is 1. The van der Waals surface area contributed by atoms with Gasteiger partial charge in [0, 0.05) is 17.8 Å². The minimum Gasteiger partial charge on any atom is -0.481 e. The maximum absolute atomic E-state index is 12.2. The van der Waals surface area contributed by atoms with Gasteiger partial charge in [0.15, 0.2) is 0 Å². The molecule has 1 fully saturated rings. The lowest BCUT2D eigenvalue weighted by molar-refractivity contribution is -0.140. The summed E-state index contributed by atoms with van der Waals surface area (Å²) in [5, 5.41) is 14.0. The Bertz CT molecular complexity index is 495. The Morgan fingerprint density at radius 3 is 2.68 bits per heavy atom. The Labute approximate surface area is 134 Å². The van der Waals surface area contributed by atoms with Crippen molar-refractivity contribution in [1.82, 2.24) is 5.32 Å². The Morgan fingerprint density at radius 1 is 1.36 bits per heavy atom. The molecule has 6 heteroatoms. The Morgan fingerprint density at radius 2 is 2.09 bits per heavy atom. The van der Waals surface area contributed by atoms with Crippen LogP contribution in [0.4, 0.5) is 0 Å². The van der Waals surface area contributed by atoms with E-state index < -0.39 is 12.0 Å². The normalized spacial score (nSPS) is 18.6. The number of aliphatic carboxylic acids is 1. The van der Waals surface area contributed by atoms with Crippen molar-refractivity contribution >= 4 is 23.2 Å². The molecule has 1 aliphatic carbocycles. The highest BCUT2D eigenvalue weighted by atomic mass is 32.1. The highest BCUT2D eigenvalue weighted by Crippen LogP contribution is 2.38. The summed E-state index contributed by atoms with van der Waals surface area (Å²) in [6, 6.07) is 3.32. The Hall–Kier alpha value is -1.40. The molecule has 0 aliphatic heterocycles. The van der Waals surface area contributed by atoms with E-state index in [0.29, 0.717) is 13.0 Å². The fourth-order valence-electron chi connectivity index (χ4n) is 3.18. The minimum absolute atomic E-state index is 0.118. The number of amides is 1. The number of carbonyl (C=O) groups is 2. The second kappa shape index (κ2) is 7.74. The van der Waals surface area contributed by atoms with Gasteiger partial charge >= 0.3 is 5.97 Å². The van der Waals surface area contributed by atoms with Gasteiger partial charge in [-0.05, 0) is 29.7 Å². The average Bonchev–Trinajstić information content (AvgIpc) is 2.98. The molecule has 1 heterocycles. The lowest BCUT2D eigenvalue weighted by Gasteiger charge is -2.36. The summed E-state index contributed by atoms with van der Waals surface area (Å²) in [5.74, 6) is -0.984. The number of carboxylic acids is 1. The zero-order valence-corrected chi connectivity index (χ0v) is 13.5. The second-order valence-electron chi connectivity index (χ2n) is 6.24. The predicted octanol–water partition coefficient (Wildman–Crippen LogP) is 2.16. The number of rotatable bonds is 7. The molecule has 1 amide bonds. The van der Waals surface area contributed by atoms with Crippen molar-refractivity contribution in [2.24, 2.45) is 11.1 Å². The Kier molecular flexibility index (Phi) is 5.97. The molecule has 0 radical (unpaired) electrons. The fraction of sp³-hybridized carbons (Fsp3) is 0.625. The first-order valence-electron chi connectivity index (χ1n) is 7.78. The third kappa shape index (κ3) is 4.81. The van der Waals surface area contributed by atoms with Crippen molar-refractivity contribution in [2.75, 3.05) is 6.54 Å². The van der Waals surface area contributed by atoms with Crippen LogP contribution in [0.1, 0.15) is 43.4 Å². The summed E-state index contributed by atoms with van der Waals surface area (Å²) in [7, 11) is 0. The zero-order chi connectivity index (χ0) is 16.0. The molecule has 0 aromatic carbocycles. The molecule has 122 valence electrons. The van der Waals surface area contributed by atoms with Gasteiger partial charge in [0.1, 0.15) is 0 Å². The highest BCUT2D eigenvalue weighted by Gasteiger charge is 2.35. The molecule has 2 rings (SSSR count). The van der Waals surface area contributed by atoms with Gasteiger partial charge in [-0.25, -0.2) is 0 Å². The van der Waals surface area contributed by atoms with Gasteiger partial charge in [-0.1, -0.05) is 25.3 Å². The average molecular weight is 324 g/mol. The van der Waals surface area contributed by atoms with Crippen LogP contribution < -0.4 is 11.1 Å². The first kappa shape index (κ1) is 17.0. The number of thiophene rings is 1. The van der Waals surface area contributed by atoms with Crippen LogP contribution in [0.5, 0.6) is 0 Å². The fourth-order valence-corrected chi connectivity index (χ4v) is 3.95. The predicted molar refractivity (Wildman–Crippen MR) is 86.8 cm³/mol. The van der Waals surface area contributed by atoms with Crippen LogP contribution >= 0.6 is 11.3 Å². The molecule has 22 heavy (non-hydrogen) atoms. The summed E-state index contributed by atoms with van der Waals surface area (Å²) >= 11 is 1.58. The van der Waals surface area contributed by atoms with Gasteiger partial charge in [-0.2, -0.15) is 0 Å². The van der Waals surface area contributed by atoms with E-state index in [1.807, 2.05) is 17.5 Å². The minimum atomic E-state index is -0.793. The summed E-state index contributed by atoms with van der Waals surface area (Å²) < 4.78 is 0. The van der Waals surface area contributed by atoms with Gasteiger partial charge in [0.2, 0.25) is 5.91 Å². The van der Waals surface area contributed by atoms with E-state index in [9.17, 15) is 9.59 Å². The molecular weight excluding hydrogens is 300 g/mol. The first-order valence-corrected chi connectivity index (χ1v) is 8.66. The van der Waals surface area contributed by atoms with Gasteiger partial charge in [0.25, 0.3) is 0 Å². The molecule has 1 aromatic heterocycles. The van der Waals surface area contributed by atoms with Crippen molar-refractivity contribution in [3.05, 3.63) is 22.4 Å². The standard InChI is InChI=1S/C16H24N2O3S/c17-13(9-12-5-4-8-22-12)15(21)18-11-16(10-14(19)20)6-2-1-3-7-16/h4-5,8,13H,1-3,6-7,9-11,17H2,(H,18,21)(H,19,20). The lowest BCUT2D eigenvalue weighted by Crippen LogP contribution is -2.47. The molecule has 5 nitrogen and oxygen atoms in total. The molecule has 0 spiro atoms. The van der Waals surface area contributed by atoms with Gasteiger partial charge in [-0.3, -0.25) is 9.59 Å². The van der Waals surface area contributed by atoms with Crippen LogP contribution in [0.2, 0.25) is 0 Å². The van der Waals surface area contributed by atoms with Crippen molar-refractivity contribution in [2.45, 2.75) is 51.0 Å². The third-order valence-corrected chi connectivity index (χ3v) is 5.31. The number of carbonyl (C=O) groups excluding carboxylic acids is 1. The summed E-state index contributed by atoms with van der Waals surface area (Å²) in [6.45, 7) is 0.413. The maximum atomic E-state index is 12.2. The summed E-state index contributed by atoms with van der Waals surface area (Å²) in [4.78, 5) is 24.4. The molecule has 0 bridgehead atoms. The second-order valence-corrected chi connectivity index (χ2v) is 7.27. The Balaban J connectivity index is 1.87. The van der Waals surface area contributed by atoms with E-state index in [0.717, 1.165) is 37.0 Å². The van der Waals surface area contributed by atoms with Crippen molar-refractivity contribution in [1.29, 1.82) is 0 Å². The van der Waals surface area contributed by atoms with Gasteiger partial charge < -0.3 is 16.2 Å². The smallest absolute Gasteiger partial charge is 0.303 e. The summed E-state index contributed by atoms with van der Waals surface area (Å²) in [6.07, 6.45) is 5.57. The van der Waals surface area contributed by atoms with Crippen LogP contribution in [-0.4, -0.2) is 29.6 Å². The van der Waals surface area contributed by atoms with Crippen LogP contribution in [-0.2, 0) is 16.0 Å². The zero-order valence-electron chi connectivity index (χ0n) is 12.7. The van der Waals surface area contributed by atoms with Crippen LogP contribution in [0.25, 0.3) is 0 Å². The maximum Gasteiger partial charge on any atom is 0.303 e. The number of hydrogen-bond acceptors (Lipinski definition) is 4. The quantitative estimate of drug-likeness (QED) is 0.716. The molecule has 4 N–H and O–H groups in total. The lowest BCUT2D eigenvalue weighted by atomic mass is 9.71. The molecule has 1 aromatic rings. The molecule has 1 atom stereocenters. The number of nitrogens with one attached hydrogen (secondary N) is 1. The molecule has 0 saturated heterocycles. The van der Waals surface area contributed by atoms with Crippen molar-refractivity contribution < 1.29 is 14.7 Å². The van der Waals surface area contributed by atoms with Crippen LogP contribution in [0.15, 0.2) is 17.5 Å². The number of carboxylic acid groups (broad SMARTS) is 1. The molecule has 1 saturated carbocycles. The molecular formula is C16H24N2O3S. The van der Waals surface area contributed by atoms with E-state index in [1.54, 1.807) is 11.3 Å². The monoisotopic (exact) mass is 324 g/mol. The van der Waals surface area contributed by atoms with Crippen LogP contribution in [0.3, 0.4) is 0 Å². The SMILES string of the molecule is NC(Cc1cccs1)C(=O)NCC1(CC(=O)O)CCCCC1. The molecule has 1 aliphatic rings. The van der Waals surface area contributed by atoms with Crippen molar-refractivity contribution in [3.8, 4) is 0 Å². The van der Waals surface area contributed by atoms with E-state index in [2.05, 4.69) is 5.32 Å². The van der Waals surface area contributed by atoms with Crippen molar-refractivity contribution in [3.63, 3.8) is 0 Å². The number of hydrogen-bond donors (Lipinski definition) is 3. The molecule has 1 unspecified atom stereocenters. The highest BCUT2D eigenvalue weighted by molar-refractivity contribution is 7.09. The summed E-state index contributed by atoms with van der Waals surface area (Å²) in [5.41, 5.74) is 5.64. The van der Waals surface area contributed by atoms with E-state index in [1.165, 1.54) is 0 Å². The van der Waals surface area contributed by atoms with E-state index in [-0.39, 0.29) is 17.7 Å². The van der Waals surface area contributed by atoms with Crippen LogP contribution in [0, 0.1) is 5.41 Å². The largest absolute Gasteiger partial charge is 0.481 e. The van der Waals surface area contributed by atoms with E-state index >= 15 is 0 Å².